The molecule has 0 aliphatic carbocycles. The second-order valence-corrected chi connectivity index (χ2v) is 3.25. The Bertz CT molecular complexity index is 395. The van der Waals surface area contributed by atoms with Crippen molar-refractivity contribution in [3.8, 4) is 0 Å². The summed E-state index contributed by atoms with van der Waals surface area (Å²) in [6.45, 7) is -0.234. The maximum absolute atomic E-state index is 12.3. The van der Waals surface area contributed by atoms with Crippen molar-refractivity contribution in [2.75, 3.05) is 18.7 Å². The van der Waals surface area contributed by atoms with Crippen LogP contribution in [0.25, 0.3) is 0 Å². The molecule has 1 rings (SSSR count). The van der Waals surface area contributed by atoms with Gasteiger partial charge in [-0.2, -0.15) is 13.2 Å². The van der Waals surface area contributed by atoms with Crippen LogP contribution in [-0.4, -0.2) is 19.6 Å². The number of hydrogen-bond donors (Lipinski definition) is 1. The third-order valence-electron chi connectivity index (χ3n) is 2.05. The van der Waals surface area contributed by atoms with Gasteiger partial charge in [-0.25, -0.2) is 5.84 Å². The summed E-state index contributed by atoms with van der Waals surface area (Å²) in [6.07, 6.45) is -4.39. The minimum Gasteiger partial charge on any atom is -0.468 e. The van der Waals surface area contributed by atoms with Crippen molar-refractivity contribution < 1.29 is 22.7 Å². The van der Waals surface area contributed by atoms with E-state index in [4.69, 9.17) is 5.84 Å². The molecule has 18 heavy (non-hydrogen) atoms. The zero-order valence-corrected chi connectivity index (χ0v) is 10.2. The molecule has 0 aliphatic heterocycles. The number of anilines is 1. The second kappa shape index (κ2) is 6.46. The van der Waals surface area contributed by atoms with Crippen molar-refractivity contribution >= 4 is 24.1 Å². The molecule has 1 aromatic rings. The first-order chi connectivity index (χ1) is 7.84. The molecular formula is C10H12ClF3N2O2. The number of carbonyl (C=O) groups is 1. The Morgan fingerprint density at radius 2 is 1.83 bits per heavy atom. The number of methoxy groups -OCH3 is 1. The van der Waals surface area contributed by atoms with Crippen molar-refractivity contribution in [3.05, 3.63) is 29.8 Å². The van der Waals surface area contributed by atoms with Gasteiger partial charge in [-0.15, -0.1) is 12.4 Å². The summed E-state index contributed by atoms with van der Waals surface area (Å²) in [4.78, 5) is 10.9. The standard InChI is InChI=1S/C10H11F3N2O2.ClH/c1-17-9(16)6-15(14)8-4-2-7(3-5-8)10(11,12)13;/h2-5H,6,14H2,1H3;1H. The van der Waals surface area contributed by atoms with Crippen LogP contribution in [0.1, 0.15) is 5.56 Å². The van der Waals surface area contributed by atoms with E-state index in [9.17, 15) is 18.0 Å². The molecule has 4 nitrogen and oxygen atoms in total. The highest BCUT2D eigenvalue weighted by molar-refractivity contribution is 5.85. The molecule has 0 fully saturated rings. The van der Waals surface area contributed by atoms with Gasteiger partial charge in [0.25, 0.3) is 0 Å². The number of alkyl halides is 3. The Kier molecular flexibility index (Phi) is 5.93. The number of carbonyl (C=O) groups excluding carboxylic acids is 1. The van der Waals surface area contributed by atoms with Crippen LogP contribution in [0.3, 0.4) is 0 Å². The summed E-state index contributed by atoms with van der Waals surface area (Å²) in [5, 5.41) is 1.01. The zero-order valence-electron chi connectivity index (χ0n) is 9.40. The lowest BCUT2D eigenvalue weighted by molar-refractivity contribution is -0.139. The van der Waals surface area contributed by atoms with E-state index in [2.05, 4.69) is 4.74 Å². The van der Waals surface area contributed by atoms with Crippen molar-refractivity contribution in [2.24, 2.45) is 5.84 Å². The summed E-state index contributed by atoms with van der Waals surface area (Å²) in [5.41, 5.74) is -0.476. The number of benzene rings is 1. The molecule has 0 bridgehead atoms. The maximum Gasteiger partial charge on any atom is 0.416 e. The Balaban J connectivity index is 0.00000289. The van der Waals surface area contributed by atoms with Crippen molar-refractivity contribution in [3.63, 3.8) is 0 Å². The van der Waals surface area contributed by atoms with Gasteiger partial charge >= 0.3 is 12.1 Å². The lowest BCUT2D eigenvalue weighted by Gasteiger charge is -2.17. The van der Waals surface area contributed by atoms with Crippen molar-refractivity contribution in [1.29, 1.82) is 0 Å². The van der Waals surface area contributed by atoms with E-state index in [1.165, 1.54) is 19.2 Å². The van der Waals surface area contributed by atoms with Crippen LogP contribution in [0.5, 0.6) is 0 Å². The lowest BCUT2D eigenvalue weighted by Crippen LogP contribution is -2.36. The van der Waals surface area contributed by atoms with E-state index < -0.39 is 17.7 Å². The lowest BCUT2D eigenvalue weighted by atomic mass is 10.2. The number of halogens is 4. The van der Waals surface area contributed by atoms with Crippen LogP contribution in [0, 0.1) is 0 Å². The molecule has 0 saturated heterocycles. The third kappa shape index (κ3) is 4.42. The van der Waals surface area contributed by atoms with Crippen molar-refractivity contribution in [1.82, 2.24) is 0 Å². The van der Waals surface area contributed by atoms with Gasteiger partial charge in [0.2, 0.25) is 0 Å². The SMILES string of the molecule is COC(=O)CN(N)c1ccc(C(F)(F)F)cc1.Cl. The fraction of sp³-hybridized carbons (Fsp3) is 0.300. The monoisotopic (exact) mass is 284 g/mol. The highest BCUT2D eigenvalue weighted by Gasteiger charge is 2.30. The van der Waals surface area contributed by atoms with Crippen LogP contribution in [-0.2, 0) is 15.7 Å². The van der Waals surface area contributed by atoms with E-state index in [-0.39, 0.29) is 19.0 Å². The fourth-order valence-corrected chi connectivity index (χ4v) is 1.14. The summed E-state index contributed by atoms with van der Waals surface area (Å²) >= 11 is 0. The molecule has 8 heteroatoms. The predicted molar refractivity (Wildman–Crippen MR) is 62.2 cm³/mol. The number of nitrogens with two attached hydrogens (primary N) is 1. The molecule has 0 atom stereocenters. The summed E-state index contributed by atoms with van der Waals surface area (Å²) in [5.74, 6) is 4.91. The summed E-state index contributed by atoms with van der Waals surface area (Å²) in [6, 6.07) is 4.16. The Morgan fingerprint density at radius 3 is 2.22 bits per heavy atom. The van der Waals surface area contributed by atoms with E-state index in [0.717, 1.165) is 17.1 Å². The normalized spacial score (nSPS) is 10.5. The zero-order chi connectivity index (χ0) is 13.1. The van der Waals surface area contributed by atoms with Gasteiger partial charge in [0.05, 0.1) is 18.4 Å². The quantitative estimate of drug-likeness (QED) is 0.524. The molecular weight excluding hydrogens is 273 g/mol. The second-order valence-electron chi connectivity index (χ2n) is 3.25. The molecule has 0 unspecified atom stereocenters. The first kappa shape index (κ1) is 16.5. The van der Waals surface area contributed by atoms with Gasteiger partial charge in [0.1, 0.15) is 6.54 Å². The smallest absolute Gasteiger partial charge is 0.416 e. The topological polar surface area (TPSA) is 55.6 Å². The molecule has 2 N–H and O–H groups in total. The third-order valence-corrected chi connectivity index (χ3v) is 2.05. The van der Waals surface area contributed by atoms with Crippen LogP contribution in [0.15, 0.2) is 24.3 Å². The average Bonchev–Trinajstić information content (AvgIpc) is 2.27. The van der Waals surface area contributed by atoms with Crippen LogP contribution >= 0.6 is 12.4 Å². The van der Waals surface area contributed by atoms with Crippen LogP contribution in [0.2, 0.25) is 0 Å². The first-order valence-electron chi connectivity index (χ1n) is 4.61. The predicted octanol–water partition coefficient (Wildman–Crippen LogP) is 1.98. The van der Waals surface area contributed by atoms with Gasteiger partial charge < -0.3 is 4.74 Å². The summed E-state index contributed by atoms with van der Waals surface area (Å²) in [7, 11) is 1.20. The first-order valence-corrected chi connectivity index (χ1v) is 4.61. The molecule has 0 heterocycles. The number of nitrogens with zero attached hydrogens (tertiary/aromatic N) is 1. The number of rotatable bonds is 3. The van der Waals surface area contributed by atoms with Gasteiger partial charge in [-0.1, -0.05) is 0 Å². The van der Waals surface area contributed by atoms with Gasteiger partial charge in [0, 0.05) is 0 Å². The van der Waals surface area contributed by atoms with Gasteiger partial charge in [0.15, 0.2) is 0 Å². The Labute approximate surface area is 108 Å². The molecule has 0 aromatic heterocycles. The van der Waals surface area contributed by atoms with E-state index >= 15 is 0 Å². The molecule has 0 aliphatic rings. The molecule has 0 spiro atoms. The average molecular weight is 285 g/mol. The molecule has 102 valence electrons. The Morgan fingerprint density at radius 1 is 1.33 bits per heavy atom. The Hall–Kier alpha value is -1.47. The molecule has 0 amide bonds. The van der Waals surface area contributed by atoms with E-state index in [0.29, 0.717) is 5.69 Å². The van der Waals surface area contributed by atoms with E-state index in [1.54, 1.807) is 0 Å². The van der Waals surface area contributed by atoms with E-state index in [1.807, 2.05) is 0 Å². The fourth-order valence-electron chi connectivity index (χ4n) is 1.14. The van der Waals surface area contributed by atoms with Gasteiger partial charge in [-0.05, 0) is 24.3 Å². The minimum atomic E-state index is -4.39. The maximum atomic E-state index is 12.3. The number of hydrogen-bond acceptors (Lipinski definition) is 4. The number of hydrazine groups is 1. The highest BCUT2D eigenvalue weighted by Crippen LogP contribution is 2.30. The molecule has 1 aromatic carbocycles. The summed E-state index contributed by atoms with van der Waals surface area (Å²) < 4.78 is 41.2. The highest BCUT2D eigenvalue weighted by atomic mass is 35.5. The number of ether oxygens (including phenoxy) is 1. The molecule has 0 saturated carbocycles. The van der Waals surface area contributed by atoms with Crippen molar-refractivity contribution in [2.45, 2.75) is 6.18 Å². The number of esters is 1. The van der Waals surface area contributed by atoms with Crippen LogP contribution in [0.4, 0.5) is 18.9 Å². The molecule has 0 radical (unpaired) electrons. The largest absolute Gasteiger partial charge is 0.468 e. The minimum absolute atomic E-state index is 0. The van der Waals surface area contributed by atoms with Crippen LogP contribution < -0.4 is 10.9 Å². The van der Waals surface area contributed by atoms with Gasteiger partial charge in [-0.3, -0.25) is 9.80 Å².